The summed E-state index contributed by atoms with van der Waals surface area (Å²) in [5, 5.41) is 12.0. The fourth-order valence-corrected chi connectivity index (χ4v) is 1.70. The van der Waals surface area contributed by atoms with Crippen molar-refractivity contribution in [2.75, 3.05) is 24.2 Å². The Kier molecular flexibility index (Phi) is 4.75. The van der Waals surface area contributed by atoms with E-state index in [1.165, 1.54) is 12.1 Å². The van der Waals surface area contributed by atoms with E-state index in [4.69, 9.17) is 10.8 Å². The molecule has 96 valence electrons. The molecule has 17 heavy (non-hydrogen) atoms. The van der Waals surface area contributed by atoms with Crippen molar-refractivity contribution in [3.05, 3.63) is 24.0 Å². The Labute approximate surface area is 102 Å². The lowest BCUT2D eigenvalue weighted by Crippen LogP contribution is -2.23. The molecule has 0 radical (unpaired) electrons. The van der Waals surface area contributed by atoms with Gasteiger partial charge in [-0.25, -0.2) is 4.39 Å². The molecule has 0 amide bonds. The summed E-state index contributed by atoms with van der Waals surface area (Å²) >= 11 is 0. The average molecular weight is 240 g/mol. The van der Waals surface area contributed by atoms with Gasteiger partial charge < -0.3 is 16.2 Å². The van der Waals surface area contributed by atoms with Gasteiger partial charge in [0.15, 0.2) is 0 Å². The highest BCUT2D eigenvalue weighted by atomic mass is 19.1. The SMILES string of the molecule is CC(C)(CCCO)CNc1cc(N)cc(F)c1. The predicted molar refractivity (Wildman–Crippen MR) is 69.4 cm³/mol. The molecule has 4 N–H and O–H groups in total. The van der Waals surface area contributed by atoms with Crippen molar-refractivity contribution in [1.29, 1.82) is 0 Å². The van der Waals surface area contributed by atoms with Crippen LogP contribution in [0.4, 0.5) is 15.8 Å². The van der Waals surface area contributed by atoms with E-state index in [1.54, 1.807) is 6.07 Å². The van der Waals surface area contributed by atoms with Crippen LogP contribution in [0.3, 0.4) is 0 Å². The van der Waals surface area contributed by atoms with Crippen molar-refractivity contribution < 1.29 is 9.50 Å². The Hall–Kier alpha value is -1.29. The van der Waals surface area contributed by atoms with Gasteiger partial charge in [0, 0.05) is 24.5 Å². The van der Waals surface area contributed by atoms with Crippen LogP contribution >= 0.6 is 0 Å². The van der Waals surface area contributed by atoms with Crippen molar-refractivity contribution in [2.24, 2.45) is 5.41 Å². The van der Waals surface area contributed by atoms with Gasteiger partial charge in [0.1, 0.15) is 5.82 Å². The summed E-state index contributed by atoms with van der Waals surface area (Å²) in [5.41, 5.74) is 6.74. The number of rotatable bonds is 6. The fraction of sp³-hybridized carbons (Fsp3) is 0.538. The van der Waals surface area contributed by atoms with Gasteiger partial charge in [0.2, 0.25) is 0 Å². The van der Waals surface area contributed by atoms with E-state index in [9.17, 15) is 4.39 Å². The number of nitrogens with two attached hydrogens (primary N) is 1. The lowest BCUT2D eigenvalue weighted by molar-refractivity contribution is 0.248. The van der Waals surface area contributed by atoms with Gasteiger partial charge in [-0.2, -0.15) is 0 Å². The van der Waals surface area contributed by atoms with Crippen molar-refractivity contribution in [1.82, 2.24) is 0 Å². The van der Waals surface area contributed by atoms with E-state index < -0.39 is 0 Å². The average Bonchev–Trinajstić information content (AvgIpc) is 2.23. The molecule has 0 aliphatic carbocycles. The van der Waals surface area contributed by atoms with Crippen molar-refractivity contribution in [3.63, 3.8) is 0 Å². The highest BCUT2D eigenvalue weighted by molar-refractivity contribution is 5.54. The molecule has 0 atom stereocenters. The van der Waals surface area contributed by atoms with Gasteiger partial charge in [0.25, 0.3) is 0 Å². The molecule has 4 heteroatoms. The molecular formula is C13H21FN2O. The van der Waals surface area contributed by atoms with E-state index in [0.29, 0.717) is 11.4 Å². The van der Waals surface area contributed by atoms with Gasteiger partial charge in [0.05, 0.1) is 0 Å². The second kappa shape index (κ2) is 5.87. The van der Waals surface area contributed by atoms with E-state index in [0.717, 1.165) is 19.4 Å². The minimum absolute atomic E-state index is 0.0593. The highest BCUT2D eigenvalue weighted by Crippen LogP contribution is 2.24. The zero-order valence-corrected chi connectivity index (χ0v) is 10.5. The van der Waals surface area contributed by atoms with Crippen molar-refractivity contribution in [3.8, 4) is 0 Å². The van der Waals surface area contributed by atoms with E-state index in [2.05, 4.69) is 19.2 Å². The first-order valence-corrected chi connectivity index (χ1v) is 5.84. The summed E-state index contributed by atoms with van der Waals surface area (Å²) in [6.45, 7) is 5.14. The Morgan fingerprint density at radius 3 is 2.65 bits per heavy atom. The number of nitrogen functional groups attached to an aromatic ring is 1. The molecule has 0 aliphatic heterocycles. The van der Waals surface area contributed by atoms with Crippen LogP contribution in [0.15, 0.2) is 18.2 Å². The smallest absolute Gasteiger partial charge is 0.127 e. The first-order valence-electron chi connectivity index (χ1n) is 5.84. The number of hydrogen-bond donors (Lipinski definition) is 3. The molecule has 0 spiro atoms. The number of aliphatic hydroxyl groups excluding tert-OH is 1. The fourth-order valence-electron chi connectivity index (χ4n) is 1.70. The Morgan fingerprint density at radius 2 is 2.06 bits per heavy atom. The quantitative estimate of drug-likeness (QED) is 0.670. The molecule has 3 nitrogen and oxygen atoms in total. The number of anilines is 2. The molecule has 1 aromatic carbocycles. The summed E-state index contributed by atoms with van der Waals surface area (Å²) in [6.07, 6.45) is 1.70. The van der Waals surface area contributed by atoms with Crippen LogP contribution in [0.5, 0.6) is 0 Å². The topological polar surface area (TPSA) is 58.3 Å². The van der Waals surface area contributed by atoms with Crippen molar-refractivity contribution in [2.45, 2.75) is 26.7 Å². The van der Waals surface area contributed by atoms with Crippen LogP contribution in [-0.4, -0.2) is 18.3 Å². The highest BCUT2D eigenvalue weighted by Gasteiger charge is 2.16. The van der Waals surface area contributed by atoms with Crippen molar-refractivity contribution >= 4 is 11.4 Å². The monoisotopic (exact) mass is 240 g/mol. The molecule has 0 bridgehead atoms. The number of hydrogen-bond acceptors (Lipinski definition) is 3. The van der Waals surface area contributed by atoms with Crippen LogP contribution in [0, 0.1) is 11.2 Å². The first-order chi connectivity index (χ1) is 7.93. The van der Waals surface area contributed by atoms with Crippen LogP contribution in [0.25, 0.3) is 0 Å². The Balaban J connectivity index is 2.54. The summed E-state index contributed by atoms with van der Waals surface area (Å²) in [5.74, 6) is -0.333. The zero-order chi connectivity index (χ0) is 12.9. The maximum absolute atomic E-state index is 13.1. The molecule has 0 heterocycles. The van der Waals surface area contributed by atoms with Gasteiger partial charge in [-0.1, -0.05) is 13.8 Å². The summed E-state index contributed by atoms with van der Waals surface area (Å²) < 4.78 is 13.1. The number of benzene rings is 1. The molecule has 0 aliphatic rings. The second-order valence-electron chi connectivity index (χ2n) is 5.12. The standard InChI is InChI=1S/C13H21FN2O/c1-13(2,4-3-5-17)9-16-12-7-10(14)6-11(15)8-12/h6-8,16-17H,3-5,9,15H2,1-2H3. The number of nitrogens with one attached hydrogen (secondary N) is 1. The number of aliphatic hydroxyl groups is 1. The Bertz CT molecular complexity index is 346. The molecule has 1 aromatic rings. The molecule has 0 fully saturated rings. The zero-order valence-electron chi connectivity index (χ0n) is 10.5. The minimum atomic E-state index is -0.333. The van der Waals surface area contributed by atoms with Gasteiger partial charge >= 0.3 is 0 Å². The van der Waals surface area contributed by atoms with Crippen LogP contribution in [0.2, 0.25) is 0 Å². The van der Waals surface area contributed by atoms with E-state index in [1.807, 2.05) is 0 Å². The van der Waals surface area contributed by atoms with E-state index >= 15 is 0 Å². The first kappa shape index (κ1) is 13.8. The predicted octanol–water partition coefficient (Wildman–Crippen LogP) is 2.62. The third-order valence-corrected chi connectivity index (χ3v) is 2.70. The van der Waals surface area contributed by atoms with Gasteiger partial charge in [-0.05, 0) is 36.5 Å². The second-order valence-corrected chi connectivity index (χ2v) is 5.12. The normalized spacial score (nSPS) is 11.5. The van der Waals surface area contributed by atoms with Crippen LogP contribution < -0.4 is 11.1 Å². The largest absolute Gasteiger partial charge is 0.399 e. The van der Waals surface area contributed by atoms with Gasteiger partial charge in [-0.15, -0.1) is 0 Å². The summed E-state index contributed by atoms with van der Waals surface area (Å²) in [7, 11) is 0. The third-order valence-electron chi connectivity index (χ3n) is 2.70. The molecule has 0 unspecified atom stereocenters. The lowest BCUT2D eigenvalue weighted by Gasteiger charge is -2.25. The van der Waals surface area contributed by atoms with Gasteiger partial charge in [-0.3, -0.25) is 0 Å². The summed E-state index contributed by atoms with van der Waals surface area (Å²) in [4.78, 5) is 0. The minimum Gasteiger partial charge on any atom is -0.399 e. The number of halogens is 1. The molecular weight excluding hydrogens is 219 g/mol. The Morgan fingerprint density at radius 1 is 1.35 bits per heavy atom. The molecule has 1 rings (SSSR count). The molecule has 0 saturated carbocycles. The maximum Gasteiger partial charge on any atom is 0.127 e. The molecule has 0 aromatic heterocycles. The molecule has 0 saturated heterocycles. The lowest BCUT2D eigenvalue weighted by atomic mass is 9.88. The maximum atomic E-state index is 13.1. The summed E-state index contributed by atoms with van der Waals surface area (Å²) in [6, 6.07) is 4.44. The van der Waals surface area contributed by atoms with Crippen LogP contribution in [0.1, 0.15) is 26.7 Å². The van der Waals surface area contributed by atoms with Crippen LogP contribution in [-0.2, 0) is 0 Å². The van der Waals surface area contributed by atoms with E-state index in [-0.39, 0.29) is 17.8 Å². The third kappa shape index (κ3) is 5.04.